The number of aromatic amines is 1. The van der Waals surface area contributed by atoms with Crippen LogP contribution < -0.4 is 5.73 Å². The van der Waals surface area contributed by atoms with Gasteiger partial charge in [0.1, 0.15) is 17.9 Å². The molecule has 1 aromatic carbocycles. The molecule has 0 atom stereocenters. The number of aromatic nitrogens is 2. The average Bonchev–Trinajstić information content (AvgIpc) is 2.49. The van der Waals surface area contributed by atoms with Crippen LogP contribution in [0.15, 0.2) is 18.2 Å². The number of hydrogen-bond acceptors (Lipinski definition) is 3. The number of nitrogens with zero attached hydrogens (tertiary/aromatic N) is 1. The summed E-state index contributed by atoms with van der Waals surface area (Å²) < 4.78 is 4.96. The zero-order chi connectivity index (χ0) is 9.26. The second-order valence-electron chi connectivity index (χ2n) is 2.86. The van der Waals surface area contributed by atoms with E-state index in [4.69, 9.17) is 10.5 Å². The molecule has 1 heterocycles. The molecular weight excluding hydrogens is 166 g/mol. The Labute approximate surface area is 75.7 Å². The first-order valence-electron chi connectivity index (χ1n) is 4.03. The highest BCUT2D eigenvalue weighted by Gasteiger charge is 2.03. The standard InChI is InChI=1S/C9H11N3O/c1-13-5-8-11-7-4-2-3-6(10)9(7)12-8/h2-4H,5,10H2,1H3,(H,11,12). The lowest BCUT2D eigenvalue weighted by Gasteiger charge is -1.90. The molecule has 4 nitrogen and oxygen atoms in total. The third kappa shape index (κ3) is 1.36. The van der Waals surface area contributed by atoms with Gasteiger partial charge in [-0.15, -0.1) is 0 Å². The van der Waals surface area contributed by atoms with Crippen LogP contribution in [0, 0.1) is 0 Å². The maximum Gasteiger partial charge on any atom is 0.133 e. The highest BCUT2D eigenvalue weighted by atomic mass is 16.5. The summed E-state index contributed by atoms with van der Waals surface area (Å²) in [7, 11) is 1.64. The van der Waals surface area contributed by atoms with Gasteiger partial charge in [0.15, 0.2) is 0 Å². The molecule has 0 bridgehead atoms. The molecule has 0 saturated carbocycles. The van der Waals surface area contributed by atoms with Crippen molar-refractivity contribution in [1.82, 2.24) is 9.97 Å². The molecule has 3 N–H and O–H groups in total. The maximum atomic E-state index is 5.74. The maximum absolute atomic E-state index is 5.74. The number of methoxy groups -OCH3 is 1. The summed E-state index contributed by atoms with van der Waals surface area (Å²) >= 11 is 0. The van der Waals surface area contributed by atoms with Gasteiger partial charge in [-0.3, -0.25) is 0 Å². The molecule has 0 aliphatic rings. The molecule has 0 fully saturated rings. The fourth-order valence-corrected chi connectivity index (χ4v) is 1.31. The number of imidazole rings is 1. The minimum Gasteiger partial charge on any atom is -0.397 e. The molecule has 0 amide bonds. The largest absolute Gasteiger partial charge is 0.397 e. The first-order chi connectivity index (χ1) is 6.31. The summed E-state index contributed by atoms with van der Waals surface area (Å²) in [6.07, 6.45) is 0. The van der Waals surface area contributed by atoms with Crippen LogP contribution in [0.5, 0.6) is 0 Å². The molecule has 68 valence electrons. The molecule has 2 aromatic rings. The van der Waals surface area contributed by atoms with Crippen LogP contribution in [-0.4, -0.2) is 17.1 Å². The van der Waals surface area contributed by atoms with E-state index in [0.29, 0.717) is 12.3 Å². The molecule has 13 heavy (non-hydrogen) atoms. The van der Waals surface area contributed by atoms with Crippen molar-refractivity contribution >= 4 is 16.7 Å². The van der Waals surface area contributed by atoms with E-state index in [0.717, 1.165) is 16.9 Å². The zero-order valence-corrected chi connectivity index (χ0v) is 7.37. The topological polar surface area (TPSA) is 63.9 Å². The number of nitrogens with two attached hydrogens (primary N) is 1. The summed E-state index contributed by atoms with van der Waals surface area (Å²) in [6.45, 7) is 0.480. The zero-order valence-electron chi connectivity index (χ0n) is 7.37. The molecule has 0 saturated heterocycles. The molecule has 0 radical (unpaired) electrons. The number of H-pyrrole nitrogens is 1. The Kier molecular flexibility index (Phi) is 1.90. The number of ether oxygens (including phenoxy) is 1. The molecule has 0 aliphatic heterocycles. The summed E-state index contributed by atoms with van der Waals surface area (Å²) in [5.41, 5.74) is 8.20. The number of para-hydroxylation sites is 1. The molecule has 0 aliphatic carbocycles. The predicted molar refractivity (Wildman–Crippen MR) is 51.2 cm³/mol. The van der Waals surface area contributed by atoms with Gasteiger partial charge in [-0.2, -0.15) is 0 Å². The van der Waals surface area contributed by atoms with Crippen molar-refractivity contribution < 1.29 is 4.74 Å². The lowest BCUT2D eigenvalue weighted by atomic mass is 10.3. The number of rotatable bonds is 2. The molecule has 2 rings (SSSR count). The highest BCUT2D eigenvalue weighted by molar-refractivity contribution is 5.86. The third-order valence-corrected chi connectivity index (χ3v) is 1.87. The quantitative estimate of drug-likeness (QED) is 0.679. The van der Waals surface area contributed by atoms with Crippen LogP contribution in [0.25, 0.3) is 11.0 Å². The molecule has 0 unspecified atom stereocenters. The van der Waals surface area contributed by atoms with Gasteiger partial charge in [-0.05, 0) is 12.1 Å². The lowest BCUT2D eigenvalue weighted by molar-refractivity contribution is 0.179. The van der Waals surface area contributed by atoms with Crippen molar-refractivity contribution in [1.29, 1.82) is 0 Å². The first kappa shape index (κ1) is 8.07. The Morgan fingerprint density at radius 3 is 3.08 bits per heavy atom. The van der Waals surface area contributed by atoms with Gasteiger partial charge >= 0.3 is 0 Å². The van der Waals surface area contributed by atoms with Gasteiger partial charge in [0.05, 0.1) is 11.2 Å². The lowest BCUT2D eigenvalue weighted by Crippen LogP contribution is -1.89. The van der Waals surface area contributed by atoms with Crippen LogP contribution in [0.3, 0.4) is 0 Å². The third-order valence-electron chi connectivity index (χ3n) is 1.87. The Bertz CT molecular complexity index is 422. The minimum atomic E-state index is 0.480. The van der Waals surface area contributed by atoms with Crippen molar-refractivity contribution in [3.05, 3.63) is 24.0 Å². The summed E-state index contributed by atoms with van der Waals surface area (Å²) in [4.78, 5) is 7.42. The number of benzene rings is 1. The minimum absolute atomic E-state index is 0.480. The number of nitrogen functional groups attached to an aromatic ring is 1. The van der Waals surface area contributed by atoms with E-state index in [1.807, 2.05) is 18.2 Å². The van der Waals surface area contributed by atoms with Gasteiger partial charge < -0.3 is 15.5 Å². The van der Waals surface area contributed by atoms with E-state index in [1.165, 1.54) is 0 Å². The van der Waals surface area contributed by atoms with Gasteiger partial charge in [0, 0.05) is 7.11 Å². The van der Waals surface area contributed by atoms with E-state index in [1.54, 1.807) is 7.11 Å². The number of anilines is 1. The van der Waals surface area contributed by atoms with E-state index in [-0.39, 0.29) is 0 Å². The summed E-state index contributed by atoms with van der Waals surface area (Å²) in [5, 5.41) is 0. The van der Waals surface area contributed by atoms with E-state index >= 15 is 0 Å². The van der Waals surface area contributed by atoms with Gasteiger partial charge in [-0.25, -0.2) is 4.98 Å². The Morgan fingerprint density at radius 1 is 1.54 bits per heavy atom. The Morgan fingerprint density at radius 2 is 2.38 bits per heavy atom. The van der Waals surface area contributed by atoms with Crippen molar-refractivity contribution in [2.24, 2.45) is 0 Å². The van der Waals surface area contributed by atoms with E-state index < -0.39 is 0 Å². The van der Waals surface area contributed by atoms with E-state index in [9.17, 15) is 0 Å². The normalized spacial score (nSPS) is 10.8. The smallest absolute Gasteiger partial charge is 0.133 e. The fraction of sp³-hybridized carbons (Fsp3) is 0.222. The fourth-order valence-electron chi connectivity index (χ4n) is 1.31. The predicted octanol–water partition coefficient (Wildman–Crippen LogP) is 1.29. The Hall–Kier alpha value is -1.55. The van der Waals surface area contributed by atoms with Gasteiger partial charge in [-0.1, -0.05) is 6.07 Å². The second-order valence-corrected chi connectivity index (χ2v) is 2.86. The molecular formula is C9H11N3O. The molecule has 0 spiro atoms. The van der Waals surface area contributed by atoms with Crippen LogP contribution >= 0.6 is 0 Å². The van der Waals surface area contributed by atoms with Gasteiger partial charge in [0.25, 0.3) is 0 Å². The summed E-state index contributed by atoms with van der Waals surface area (Å²) in [6, 6.07) is 5.67. The molecule has 1 aromatic heterocycles. The van der Waals surface area contributed by atoms with Crippen molar-refractivity contribution in [2.45, 2.75) is 6.61 Å². The second kappa shape index (κ2) is 3.06. The highest BCUT2D eigenvalue weighted by Crippen LogP contribution is 2.17. The van der Waals surface area contributed by atoms with Gasteiger partial charge in [0.2, 0.25) is 0 Å². The Balaban J connectivity index is 2.55. The average molecular weight is 177 g/mol. The first-order valence-corrected chi connectivity index (χ1v) is 4.03. The number of nitrogens with one attached hydrogen (secondary N) is 1. The SMILES string of the molecule is COCc1nc2c(N)cccc2[nH]1. The summed E-state index contributed by atoms with van der Waals surface area (Å²) in [5.74, 6) is 0.801. The number of fused-ring (bicyclic) bond motifs is 1. The van der Waals surface area contributed by atoms with Crippen molar-refractivity contribution in [3.63, 3.8) is 0 Å². The van der Waals surface area contributed by atoms with Crippen molar-refractivity contribution in [2.75, 3.05) is 12.8 Å². The van der Waals surface area contributed by atoms with Crippen LogP contribution in [0.4, 0.5) is 5.69 Å². The number of hydrogen-bond donors (Lipinski definition) is 2. The van der Waals surface area contributed by atoms with Crippen LogP contribution in [0.2, 0.25) is 0 Å². The van der Waals surface area contributed by atoms with Crippen LogP contribution in [-0.2, 0) is 11.3 Å². The van der Waals surface area contributed by atoms with Crippen LogP contribution in [0.1, 0.15) is 5.82 Å². The monoisotopic (exact) mass is 177 g/mol. The van der Waals surface area contributed by atoms with E-state index in [2.05, 4.69) is 9.97 Å². The van der Waals surface area contributed by atoms with Crippen molar-refractivity contribution in [3.8, 4) is 0 Å². The molecule has 4 heteroatoms.